The summed E-state index contributed by atoms with van der Waals surface area (Å²) in [5, 5.41) is 10.5. The summed E-state index contributed by atoms with van der Waals surface area (Å²) >= 11 is 8.09. The second-order valence-corrected chi connectivity index (χ2v) is 4.58. The molecule has 0 radical (unpaired) electrons. The van der Waals surface area contributed by atoms with Crippen molar-refractivity contribution in [3.05, 3.63) is 32.5 Å². The predicted octanol–water partition coefficient (Wildman–Crippen LogP) is 1.83. The fourth-order valence-corrected chi connectivity index (χ4v) is 1.76. The van der Waals surface area contributed by atoms with Crippen molar-refractivity contribution in [2.24, 2.45) is 5.73 Å². The van der Waals surface area contributed by atoms with Gasteiger partial charge in [0.15, 0.2) is 5.69 Å². The second kappa shape index (κ2) is 4.38. The quantitative estimate of drug-likeness (QED) is 0.812. The monoisotopic (exact) mass is 348 g/mol. The van der Waals surface area contributed by atoms with E-state index in [9.17, 15) is 4.79 Å². The van der Waals surface area contributed by atoms with Gasteiger partial charge in [-0.25, -0.2) is 0 Å². The molecular weight excluding hydrogens is 342 g/mol. The van der Waals surface area contributed by atoms with Gasteiger partial charge in [-0.05, 0) is 34.7 Å². The average Bonchev–Trinajstić information content (AvgIpc) is 2.71. The highest BCUT2D eigenvalue weighted by molar-refractivity contribution is 14.1. The molecule has 2 aromatic rings. The summed E-state index contributed by atoms with van der Waals surface area (Å²) < 4.78 is 0.923. The van der Waals surface area contributed by atoms with Crippen molar-refractivity contribution in [3.8, 4) is 11.3 Å². The van der Waals surface area contributed by atoms with Gasteiger partial charge in [0.25, 0.3) is 5.91 Å². The molecule has 0 saturated heterocycles. The number of rotatable bonds is 2. The van der Waals surface area contributed by atoms with E-state index in [1.54, 1.807) is 12.1 Å². The van der Waals surface area contributed by atoms with Crippen molar-refractivity contribution in [2.75, 3.05) is 0 Å². The molecule has 1 aromatic heterocycles. The minimum absolute atomic E-state index is 0.109. The van der Waals surface area contributed by atoms with E-state index >= 15 is 0 Å². The SMILES string of the molecule is NC(=O)c1n[nH]nc1-c1ccc(I)c(Cl)c1. The molecule has 0 unspecified atom stereocenters. The first-order chi connectivity index (χ1) is 7.59. The Morgan fingerprint density at radius 2 is 2.19 bits per heavy atom. The van der Waals surface area contributed by atoms with Crippen molar-refractivity contribution in [2.45, 2.75) is 0 Å². The van der Waals surface area contributed by atoms with Crippen LogP contribution in [-0.4, -0.2) is 21.3 Å². The summed E-state index contributed by atoms with van der Waals surface area (Å²) in [5.74, 6) is -0.626. The average molecular weight is 349 g/mol. The molecule has 5 nitrogen and oxygen atoms in total. The van der Waals surface area contributed by atoms with Crippen LogP contribution in [0.3, 0.4) is 0 Å². The number of hydrogen-bond donors (Lipinski definition) is 2. The maximum Gasteiger partial charge on any atom is 0.271 e. The Hall–Kier alpha value is -1.15. The van der Waals surface area contributed by atoms with Crippen LogP contribution in [0.15, 0.2) is 18.2 Å². The van der Waals surface area contributed by atoms with E-state index in [0.29, 0.717) is 16.3 Å². The number of carbonyl (C=O) groups is 1. The molecule has 0 saturated carbocycles. The normalized spacial score (nSPS) is 10.4. The molecule has 0 aliphatic heterocycles. The molecule has 0 atom stereocenters. The number of aromatic nitrogens is 3. The number of primary amides is 1. The van der Waals surface area contributed by atoms with Gasteiger partial charge >= 0.3 is 0 Å². The van der Waals surface area contributed by atoms with Gasteiger partial charge in [0.2, 0.25) is 0 Å². The smallest absolute Gasteiger partial charge is 0.271 e. The highest BCUT2D eigenvalue weighted by Gasteiger charge is 2.15. The zero-order valence-corrected chi connectivity index (χ0v) is 10.8. The van der Waals surface area contributed by atoms with Crippen LogP contribution in [0.25, 0.3) is 11.3 Å². The van der Waals surface area contributed by atoms with Gasteiger partial charge in [0, 0.05) is 9.13 Å². The van der Waals surface area contributed by atoms with Crippen LogP contribution in [0.4, 0.5) is 0 Å². The summed E-state index contributed by atoms with van der Waals surface area (Å²) in [6.07, 6.45) is 0. The number of nitrogens with one attached hydrogen (secondary N) is 1. The Morgan fingerprint density at radius 3 is 2.81 bits per heavy atom. The Labute approximate surface area is 110 Å². The van der Waals surface area contributed by atoms with Gasteiger partial charge in [-0.2, -0.15) is 15.4 Å². The third-order valence-corrected chi connectivity index (χ3v) is 3.55. The van der Waals surface area contributed by atoms with Crippen LogP contribution in [0.5, 0.6) is 0 Å². The zero-order chi connectivity index (χ0) is 11.7. The molecule has 16 heavy (non-hydrogen) atoms. The molecular formula is C9H6ClIN4O. The minimum atomic E-state index is -0.626. The highest BCUT2D eigenvalue weighted by atomic mass is 127. The summed E-state index contributed by atoms with van der Waals surface area (Å²) in [6, 6.07) is 5.35. The van der Waals surface area contributed by atoms with E-state index in [0.717, 1.165) is 3.57 Å². The number of H-pyrrole nitrogens is 1. The third-order valence-electron chi connectivity index (χ3n) is 1.97. The molecule has 0 fully saturated rings. The van der Waals surface area contributed by atoms with Crippen molar-refractivity contribution in [1.29, 1.82) is 0 Å². The van der Waals surface area contributed by atoms with Crippen LogP contribution < -0.4 is 5.73 Å². The van der Waals surface area contributed by atoms with Gasteiger partial charge in [-0.15, -0.1) is 0 Å². The Balaban J connectivity index is 2.54. The molecule has 2 rings (SSSR count). The number of hydrogen-bond acceptors (Lipinski definition) is 3. The van der Waals surface area contributed by atoms with E-state index in [2.05, 4.69) is 38.0 Å². The van der Waals surface area contributed by atoms with E-state index in [-0.39, 0.29) is 5.69 Å². The lowest BCUT2D eigenvalue weighted by Gasteiger charge is -2.00. The number of nitrogens with two attached hydrogens (primary N) is 1. The first-order valence-electron chi connectivity index (χ1n) is 4.25. The van der Waals surface area contributed by atoms with Crippen LogP contribution in [0, 0.1) is 3.57 Å². The van der Waals surface area contributed by atoms with Gasteiger partial charge in [0.1, 0.15) is 5.69 Å². The molecule has 0 bridgehead atoms. The standard InChI is InChI=1S/C9H6ClIN4O/c10-5-3-4(1-2-6(5)11)7-8(9(12)16)14-15-13-7/h1-3H,(H2,12,16)(H,13,14,15). The highest BCUT2D eigenvalue weighted by Crippen LogP contribution is 2.26. The van der Waals surface area contributed by atoms with Crippen molar-refractivity contribution in [1.82, 2.24) is 15.4 Å². The molecule has 0 aliphatic carbocycles. The number of halogens is 2. The number of amides is 1. The summed E-state index contributed by atoms with van der Waals surface area (Å²) in [5.41, 5.74) is 6.39. The number of carbonyl (C=O) groups excluding carboxylic acids is 1. The topological polar surface area (TPSA) is 84.7 Å². The largest absolute Gasteiger partial charge is 0.364 e. The summed E-state index contributed by atoms with van der Waals surface area (Å²) in [7, 11) is 0. The number of benzene rings is 1. The molecule has 1 heterocycles. The fourth-order valence-electron chi connectivity index (χ4n) is 1.25. The van der Waals surface area contributed by atoms with Gasteiger partial charge in [0.05, 0.1) is 5.02 Å². The number of nitrogens with zero attached hydrogens (tertiary/aromatic N) is 2. The van der Waals surface area contributed by atoms with Gasteiger partial charge < -0.3 is 5.73 Å². The van der Waals surface area contributed by atoms with Gasteiger partial charge in [-0.3, -0.25) is 4.79 Å². The molecule has 82 valence electrons. The summed E-state index contributed by atoms with van der Waals surface area (Å²) in [6.45, 7) is 0. The van der Waals surface area contributed by atoms with Crippen LogP contribution >= 0.6 is 34.2 Å². The summed E-state index contributed by atoms with van der Waals surface area (Å²) in [4.78, 5) is 11.1. The minimum Gasteiger partial charge on any atom is -0.364 e. The van der Waals surface area contributed by atoms with E-state index < -0.39 is 5.91 Å². The van der Waals surface area contributed by atoms with Crippen LogP contribution in [0.2, 0.25) is 5.02 Å². The molecule has 0 aliphatic rings. The predicted molar refractivity (Wildman–Crippen MR) is 68.1 cm³/mol. The Bertz CT molecular complexity index is 554. The van der Waals surface area contributed by atoms with E-state index in [1.807, 2.05) is 6.07 Å². The first-order valence-corrected chi connectivity index (χ1v) is 5.71. The van der Waals surface area contributed by atoms with E-state index in [4.69, 9.17) is 17.3 Å². The molecule has 7 heteroatoms. The molecule has 3 N–H and O–H groups in total. The van der Waals surface area contributed by atoms with E-state index in [1.165, 1.54) is 0 Å². The fraction of sp³-hybridized carbons (Fsp3) is 0. The van der Waals surface area contributed by atoms with Gasteiger partial charge in [-0.1, -0.05) is 17.7 Å². The third kappa shape index (κ3) is 2.03. The lowest BCUT2D eigenvalue weighted by atomic mass is 10.1. The maximum absolute atomic E-state index is 11.1. The Morgan fingerprint density at radius 1 is 1.44 bits per heavy atom. The Kier molecular flexibility index (Phi) is 3.10. The lowest BCUT2D eigenvalue weighted by molar-refractivity contribution is 0.0996. The maximum atomic E-state index is 11.1. The molecule has 0 spiro atoms. The van der Waals surface area contributed by atoms with Crippen molar-refractivity contribution >= 4 is 40.1 Å². The molecule has 1 aromatic carbocycles. The first kappa shape index (κ1) is 11.3. The zero-order valence-electron chi connectivity index (χ0n) is 7.87. The van der Waals surface area contributed by atoms with Crippen LogP contribution in [0.1, 0.15) is 10.5 Å². The molecule has 1 amide bonds. The van der Waals surface area contributed by atoms with Crippen LogP contribution in [-0.2, 0) is 0 Å². The second-order valence-electron chi connectivity index (χ2n) is 3.01. The van der Waals surface area contributed by atoms with Crippen molar-refractivity contribution < 1.29 is 4.79 Å². The number of aromatic amines is 1. The van der Waals surface area contributed by atoms with Crippen molar-refractivity contribution in [3.63, 3.8) is 0 Å². The lowest BCUT2D eigenvalue weighted by Crippen LogP contribution is -2.12.